The first kappa shape index (κ1) is 20.1. The summed E-state index contributed by atoms with van der Waals surface area (Å²) in [7, 11) is 1.61. The van der Waals surface area contributed by atoms with E-state index in [-0.39, 0.29) is 18.2 Å². The SMILES string of the molecule is CCOC(=O)C1=C(C)N(c2ccc(OC)cc2)C=C[C@@H]1c1ccc([N+](=O)[O-])cc1. The molecule has 1 heterocycles. The zero-order chi connectivity index (χ0) is 21.0. The highest BCUT2D eigenvalue weighted by Gasteiger charge is 2.30. The summed E-state index contributed by atoms with van der Waals surface area (Å²) >= 11 is 0. The molecule has 7 nitrogen and oxygen atoms in total. The van der Waals surface area contributed by atoms with Gasteiger partial charge in [0.1, 0.15) is 5.75 Å². The van der Waals surface area contributed by atoms with Gasteiger partial charge in [0, 0.05) is 35.6 Å². The first-order valence-electron chi connectivity index (χ1n) is 9.20. The van der Waals surface area contributed by atoms with Gasteiger partial charge in [0.05, 0.1) is 24.2 Å². The first-order chi connectivity index (χ1) is 14.0. The van der Waals surface area contributed by atoms with Crippen LogP contribution in [0.3, 0.4) is 0 Å². The van der Waals surface area contributed by atoms with E-state index in [9.17, 15) is 14.9 Å². The van der Waals surface area contributed by atoms with Crippen molar-refractivity contribution >= 4 is 17.3 Å². The highest BCUT2D eigenvalue weighted by atomic mass is 16.6. The van der Waals surface area contributed by atoms with Crippen LogP contribution in [0, 0.1) is 10.1 Å². The Morgan fingerprint density at radius 3 is 2.34 bits per heavy atom. The van der Waals surface area contributed by atoms with E-state index in [4.69, 9.17) is 9.47 Å². The normalized spacial score (nSPS) is 16.0. The minimum atomic E-state index is -0.445. The molecule has 3 rings (SSSR count). The van der Waals surface area contributed by atoms with Crippen molar-refractivity contribution in [1.82, 2.24) is 0 Å². The highest BCUT2D eigenvalue weighted by Crippen LogP contribution is 2.37. The molecule has 0 saturated carbocycles. The molecule has 0 radical (unpaired) electrons. The highest BCUT2D eigenvalue weighted by molar-refractivity contribution is 5.93. The lowest BCUT2D eigenvalue weighted by molar-refractivity contribution is -0.384. The lowest BCUT2D eigenvalue weighted by Crippen LogP contribution is -2.26. The summed E-state index contributed by atoms with van der Waals surface area (Å²) in [5, 5.41) is 10.9. The standard InChI is InChI=1S/C22H22N2O5/c1-4-29-22(25)21-15(2)23(17-9-11-19(28-3)12-10-17)14-13-20(21)16-5-7-18(8-6-16)24(26)27/h5-14,20H,4H2,1-3H3/t20-/m1/s1. The van der Waals surface area contributed by atoms with E-state index in [2.05, 4.69) is 0 Å². The molecule has 29 heavy (non-hydrogen) atoms. The van der Waals surface area contributed by atoms with Crippen molar-refractivity contribution in [2.45, 2.75) is 19.8 Å². The van der Waals surface area contributed by atoms with Crippen molar-refractivity contribution in [1.29, 1.82) is 0 Å². The Bertz CT molecular complexity index is 962. The number of nitro benzene ring substituents is 1. The number of rotatable bonds is 6. The maximum atomic E-state index is 12.8. The third-order valence-corrected chi connectivity index (χ3v) is 4.80. The molecule has 0 bridgehead atoms. The fourth-order valence-electron chi connectivity index (χ4n) is 3.32. The number of anilines is 1. The van der Waals surface area contributed by atoms with Crippen molar-refractivity contribution in [2.75, 3.05) is 18.6 Å². The smallest absolute Gasteiger partial charge is 0.336 e. The zero-order valence-corrected chi connectivity index (χ0v) is 16.5. The number of hydrogen-bond acceptors (Lipinski definition) is 6. The number of esters is 1. The summed E-state index contributed by atoms with van der Waals surface area (Å²) in [5.41, 5.74) is 2.90. The molecule has 0 amide bonds. The summed E-state index contributed by atoms with van der Waals surface area (Å²) in [6, 6.07) is 13.7. The van der Waals surface area contributed by atoms with Crippen LogP contribution in [0.25, 0.3) is 0 Å². The number of ether oxygens (including phenoxy) is 2. The number of hydrogen-bond donors (Lipinski definition) is 0. The molecule has 0 aliphatic carbocycles. The van der Waals surface area contributed by atoms with Gasteiger partial charge in [0.15, 0.2) is 0 Å². The van der Waals surface area contributed by atoms with E-state index in [0.717, 1.165) is 22.7 Å². The number of carbonyl (C=O) groups excluding carboxylic acids is 1. The number of nitrogens with zero attached hydrogens (tertiary/aromatic N) is 2. The second-order valence-corrected chi connectivity index (χ2v) is 6.46. The Morgan fingerprint density at radius 2 is 1.79 bits per heavy atom. The molecule has 1 aliphatic heterocycles. The average Bonchev–Trinajstić information content (AvgIpc) is 2.73. The Kier molecular flexibility index (Phi) is 5.97. The Labute approximate surface area is 169 Å². The molecule has 150 valence electrons. The van der Waals surface area contributed by atoms with Gasteiger partial charge < -0.3 is 14.4 Å². The third-order valence-electron chi connectivity index (χ3n) is 4.80. The van der Waals surface area contributed by atoms with E-state index in [0.29, 0.717) is 5.57 Å². The molecule has 0 fully saturated rings. The molecule has 7 heteroatoms. The zero-order valence-electron chi connectivity index (χ0n) is 16.5. The van der Waals surface area contributed by atoms with E-state index < -0.39 is 10.9 Å². The number of methoxy groups -OCH3 is 1. The van der Waals surface area contributed by atoms with Crippen LogP contribution >= 0.6 is 0 Å². The van der Waals surface area contributed by atoms with Gasteiger partial charge in [-0.25, -0.2) is 4.79 Å². The van der Waals surface area contributed by atoms with E-state index in [1.54, 1.807) is 26.2 Å². The Hall–Kier alpha value is -3.61. The predicted molar refractivity (Wildman–Crippen MR) is 110 cm³/mol. The van der Waals surface area contributed by atoms with Crippen LogP contribution in [0.15, 0.2) is 72.1 Å². The van der Waals surface area contributed by atoms with Gasteiger partial charge in [-0.15, -0.1) is 0 Å². The molecule has 0 saturated heterocycles. The van der Waals surface area contributed by atoms with Crippen LogP contribution in [-0.4, -0.2) is 24.6 Å². The molecule has 1 atom stereocenters. The topological polar surface area (TPSA) is 81.9 Å². The molecule has 0 unspecified atom stereocenters. The monoisotopic (exact) mass is 394 g/mol. The summed E-state index contributed by atoms with van der Waals surface area (Å²) in [4.78, 5) is 25.2. The minimum absolute atomic E-state index is 0.00628. The second-order valence-electron chi connectivity index (χ2n) is 6.46. The lowest BCUT2D eigenvalue weighted by atomic mass is 9.87. The number of allylic oxidation sites excluding steroid dienone is 2. The predicted octanol–water partition coefficient (Wildman–Crippen LogP) is 4.56. The van der Waals surface area contributed by atoms with Gasteiger partial charge in [0.2, 0.25) is 0 Å². The van der Waals surface area contributed by atoms with E-state index in [1.807, 2.05) is 48.4 Å². The number of benzene rings is 2. The van der Waals surface area contributed by atoms with Gasteiger partial charge >= 0.3 is 5.97 Å². The number of non-ortho nitro benzene ring substituents is 1. The van der Waals surface area contributed by atoms with E-state index >= 15 is 0 Å². The number of nitro groups is 1. The third kappa shape index (κ3) is 4.13. The quantitative estimate of drug-likeness (QED) is 0.406. The van der Waals surface area contributed by atoms with Gasteiger partial charge in [-0.3, -0.25) is 10.1 Å². The van der Waals surface area contributed by atoms with Crippen LogP contribution in [-0.2, 0) is 9.53 Å². The van der Waals surface area contributed by atoms with Gasteiger partial charge in [-0.1, -0.05) is 18.2 Å². The lowest BCUT2D eigenvalue weighted by Gasteiger charge is -2.31. The molecule has 1 aliphatic rings. The van der Waals surface area contributed by atoms with Crippen LogP contribution < -0.4 is 9.64 Å². The molecule has 0 N–H and O–H groups in total. The fraction of sp³-hybridized carbons (Fsp3) is 0.227. The molecule has 0 aromatic heterocycles. The Morgan fingerprint density at radius 1 is 1.14 bits per heavy atom. The van der Waals surface area contributed by atoms with Crippen molar-refractivity contribution in [3.05, 3.63) is 87.8 Å². The molecular formula is C22H22N2O5. The van der Waals surface area contributed by atoms with Crippen molar-refractivity contribution in [3.8, 4) is 5.75 Å². The van der Waals surface area contributed by atoms with Crippen LogP contribution in [0.5, 0.6) is 5.75 Å². The maximum Gasteiger partial charge on any atom is 0.336 e. The van der Waals surface area contributed by atoms with E-state index in [1.165, 1.54) is 12.1 Å². The van der Waals surface area contributed by atoms with Crippen molar-refractivity contribution in [3.63, 3.8) is 0 Å². The van der Waals surface area contributed by atoms with Gasteiger partial charge in [0.25, 0.3) is 5.69 Å². The first-order valence-corrected chi connectivity index (χ1v) is 9.20. The molecule has 2 aromatic carbocycles. The van der Waals surface area contributed by atoms with Crippen molar-refractivity contribution in [2.24, 2.45) is 0 Å². The summed E-state index contributed by atoms with van der Waals surface area (Å²) in [5.74, 6) is -0.0219. The molecular weight excluding hydrogens is 372 g/mol. The Balaban J connectivity index is 2.01. The average molecular weight is 394 g/mol. The second kappa shape index (κ2) is 8.60. The summed E-state index contributed by atoms with van der Waals surface area (Å²) in [6.07, 6.45) is 3.79. The van der Waals surface area contributed by atoms with Crippen LogP contribution in [0.2, 0.25) is 0 Å². The fourth-order valence-corrected chi connectivity index (χ4v) is 3.32. The van der Waals surface area contributed by atoms with Gasteiger partial charge in [-0.05, 0) is 43.7 Å². The molecule has 2 aromatic rings. The van der Waals surface area contributed by atoms with Crippen molar-refractivity contribution < 1.29 is 19.2 Å². The van der Waals surface area contributed by atoms with Crippen LogP contribution in [0.4, 0.5) is 11.4 Å². The van der Waals surface area contributed by atoms with Gasteiger partial charge in [-0.2, -0.15) is 0 Å². The number of carbonyl (C=O) groups is 1. The minimum Gasteiger partial charge on any atom is -0.497 e. The molecule has 0 spiro atoms. The largest absolute Gasteiger partial charge is 0.497 e. The summed E-state index contributed by atoms with van der Waals surface area (Å²) in [6.45, 7) is 3.88. The van der Waals surface area contributed by atoms with Crippen LogP contribution in [0.1, 0.15) is 25.3 Å². The maximum absolute atomic E-state index is 12.8. The summed E-state index contributed by atoms with van der Waals surface area (Å²) < 4.78 is 10.5.